The maximum absolute atomic E-state index is 12.9. The highest BCUT2D eigenvalue weighted by molar-refractivity contribution is 5.97. The van der Waals surface area contributed by atoms with Crippen LogP contribution in [0.25, 0.3) is 0 Å². The minimum absolute atomic E-state index is 0.0765. The van der Waals surface area contributed by atoms with Gasteiger partial charge in [-0.15, -0.1) is 0 Å². The molecule has 0 radical (unpaired) electrons. The highest BCUT2D eigenvalue weighted by Crippen LogP contribution is 2.20. The zero-order valence-electron chi connectivity index (χ0n) is 13.7. The van der Waals surface area contributed by atoms with Crippen molar-refractivity contribution in [3.8, 4) is 5.75 Å². The standard InChI is InChI=1S/C19H22FNO2/c1-13(2)14(3)21-19(22)17-6-4-5-7-18(17)23-12-15-8-10-16(20)11-9-15/h4-11,13-14H,12H2,1-3H3,(H,21,22). The molecule has 4 heteroatoms. The molecule has 0 aliphatic carbocycles. The second-order valence-corrected chi connectivity index (χ2v) is 5.92. The SMILES string of the molecule is CC(C)C(C)NC(=O)c1ccccc1OCc1ccc(F)cc1. The monoisotopic (exact) mass is 315 g/mol. The maximum Gasteiger partial charge on any atom is 0.255 e. The van der Waals surface area contributed by atoms with Gasteiger partial charge in [0.05, 0.1) is 5.56 Å². The lowest BCUT2D eigenvalue weighted by Gasteiger charge is -2.18. The van der Waals surface area contributed by atoms with E-state index in [1.807, 2.05) is 13.0 Å². The Morgan fingerprint density at radius 2 is 1.74 bits per heavy atom. The molecule has 0 bridgehead atoms. The highest BCUT2D eigenvalue weighted by Gasteiger charge is 2.16. The summed E-state index contributed by atoms with van der Waals surface area (Å²) in [6, 6.07) is 13.3. The van der Waals surface area contributed by atoms with Crippen LogP contribution < -0.4 is 10.1 Å². The second-order valence-electron chi connectivity index (χ2n) is 5.92. The van der Waals surface area contributed by atoms with Crippen molar-refractivity contribution in [2.75, 3.05) is 0 Å². The van der Waals surface area contributed by atoms with Gasteiger partial charge in [0, 0.05) is 6.04 Å². The van der Waals surface area contributed by atoms with Crippen LogP contribution in [0.5, 0.6) is 5.75 Å². The van der Waals surface area contributed by atoms with E-state index in [9.17, 15) is 9.18 Å². The van der Waals surface area contributed by atoms with Crippen LogP contribution in [0.1, 0.15) is 36.7 Å². The first kappa shape index (κ1) is 17.0. The average Bonchev–Trinajstić information content (AvgIpc) is 2.54. The highest BCUT2D eigenvalue weighted by atomic mass is 19.1. The van der Waals surface area contributed by atoms with Gasteiger partial charge in [-0.3, -0.25) is 4.79 Å². The number of halogens is 1. The summed E-state index contributed by atoms with van der Waals surface area (Å²) in [6.07, 6.45) is 0. The third-order valence-electron chi connectivity index (χ3n) is 3.80. The molecule has 3 nitrogen and oxygen atoms in total. The third-order valence-corrected chi connectivity index (χ3v) is 3.80. The van der Waals surface area contributed by atoms with Gasteiger partial charge < -0.3 is 10.1 Å². The Kier molecular flexibility index (Phi) is 5.74. The first-order valence-corrected chi connectivity index (χ1v) is 7.74. The molecule has 23 heavy (non-hydrogen) atoms. The lowest BCUT2D eigenvalue weighted by Crippen LogP contribution is -2.36. The van der Waals surface area contributed by atoms with E-state index < -0.39 is 0 Å². The van der Waals surface area contributed by atoms with E-state index >= 15 is 0 Å². The maximum atomic E-state index is 12.9. The summed E-state index contributed by atoms with van der Waals surface area (Å²) >= 11 is 0. The molecule has 2 aromatic rings. The Hall–Kier alpha value is -2.36. The number of benzene rings is 2. The van der Waals surface area contributed by atoms with Gasteiger partial charge in [0.25, 0.3) is 5.91 Å². The van der Waals surface area contributed by atoms with Crippen LogP contribution in [0, 0.1) is 11.7 Å². The van der Waals surface area contributed by atoms with E-state index in [0.717, 1.165) is 5.56 Å². The topological polar surface area (TPSA) is 38.3 Å². The van der Waals surface area contributed by atoms with Crippen molar-refractivity contribution in [2.45, 2.75) is 33.4 Å². The van der Waals surface area contributed by atoms with Gasteiger partial charge in [-0.1, -0.05) is 38.1 Å². The predicted octanol–water partition coefficient (Wildman–Crippen LogP) is 4.18. The van der Waals surface area contributed by atoms with Gasteiger partial charge >= 0.3 is 0 Å². The minimum atomic E-state index is -0.281. The number of para-hydroxylation sites is 1. The number of carbonyl (C=O) groups is 1. The quantitative estimate of drug-likeness (QED) is 0.868. The average molecular weight is 315 g/mol. The van der Waals surface area contributed by atoms with E-state index in [0.29, 0.717) is 17.2 Å². The zero-order valence-corrected chi connectivity index (χ0v) is 13.7. The number of amides is 1. The number of rotatable bonds is 6. The summed E-state index contributed by atoms with van der Waals surface area (Å²) in [5.74, 6) is 0.439. The van der Waals surface area contributed by atoms with E-state index in [2.05, 4.69) is 19.2 Å². The molecular weight excluding hydrogens is 293 g/mol. The Labute approximate surface area is 136 Å². The molecule has 0 saturated heterocycles. The molecule has 0 saturated carbocycles. The summed E-state index contributed by atoms with van der Waals surface area (Å²) in [5, 5.41) is 2.97. The summed E-state index contributed by atoms with van der Waals surface area (Å²) < 4.78 is 18.7. The van der Waals surface area contributed by atoms with Gasteiger partial charge in [0.15, 0.2) is 0 Å². The van der Waals surface area contributed by atoms with E-state index in [-0.39, 0.29) is 24.4 Å². The van der Waals surface area contributed by atoms with E-state index in [1.165, 1.54) is 12.1 Å². The van der Waals surface area contributed by atoms with Gasteiger partial charge in [0.2, 0.25) is 0 Å². The molecule has 1 atom stereocenters. The lowest BCUT2D eigenvalue weighted by molar-refractivity contribution is 0.0926. The van der Waals surface area contributed by atoms with E-state index in [1.54, 1.807) is 30.3 Å². The van der Waals surface area contributed by atoms with Crippen molar-refractivity contribution >= 4 is 5.91 Å². The van der Waals surface area contributed by atoms with Crippen LogP contribution >= 0.6 is 0 Å². The number of ether oxygens (including phenoxy) is 1. The molecule has 1 amide bonds. The molecule has 1 N–H and O–H groups in total. The van der Waals surface area contributed by atoms with E-state index in [4.69, 9.17) is 4.74 Å². The summed E-state index contributed by atoms with van der Waals surface area (Å²) in [6.45, 7) is 6.37. The zero-order chi connectivity index (χ0) is 16.8. The summed E-state index contributed by atoms with van der Waals surface area (Å²) in [5.41, 5.74) is 1.35. The minimum Gasteiger partial charge on any atom is -0.488 e. The molecule has 0 spiro atoms. The Morgan fingerprint density at radius 1 is 1.09 bits per heavy atom. The normalized spacial score (nSPS) is 12.0. The third kappa shape index (κ3) is 4.81. The van der Waals surface area contributed by atoms with Crippen LogP contribution in [0.15, 0.2) is 48.5 Å². The number of hydrogen-bond donors (Lipinski definition) is 1. The molecule has 1 unspecified atom stereocenters. The Morgan fingerprint density at radius 3 is 2.39 bits per heavy atom. The summed E-state index contributed by atoms with van der Waals surface area (Å²) in [4.78, 5) is 12.4. The van der Waals surface area contributed by atoms with Crippen molar-refractivity contribution in [3.05, 3.63) is 65.5 Å². The Bertz CT molecular complexity index is 653. The molecule has 2 aromatic carbocycles. The van der Waals surface area contributed by atoms with Crippen molar-refractivity contribution in [2.24, 2.45) is 5.92 Å². The smallest absolute Gasteiger partial charge is 0.255 e. The largest absolute Gasteiger partial charge is 0.488 e. The first-order valence-electron chi connectivity index (χ1n) is 7.74. The van der Waals surface area contributed by atoms with Gasteiger partial charge in [-0.2, -0.15) is 0 Å². The number of hydrogen-bond acceptors (Lipinski definition) is 2. The number of carbonyl (C=O) groups excluding carboxylic acids is 1. The molecule has 0 heterocycles. The van der Waals surface area contributed by atoms with Crippen LogP contribution in [0.4, 0.5) is 4.39 Å². The van der Waals surface area contributed by atoms with Gasteiger partial charge in [-0.05, 0) is 42.7 Å². The fourth-order valence-corrected chi connectivity index (χ4v) is 1.97. The van der Waals surface area contributed by atoms with Crippen molar-refractivity contribution in [1.82, 2.24) is 5.32 Å². The lowest BCUT2D eigenvalue weighted by atomic mass is 10.1. The molecule has 0 aliphatic rings. The van der Waals surface area contributed by atoms with Gasteiger partial charge in [-0.25, -0.2) is 4.39 Å². The van der Waals surface area contributed by atoms with Crippen LogP contribution in [0.2, 0.25) is 0 Å². The molecule has 0 fully saturated rings. The number of nitrogens with one attached hydrogen (secondary N) is 1. The first-order chi connectivity index (χ1) is 11.0. The second kappa shape index (κ2) is 7.77. The fraction of sp³-hybridized carbons (Fsp3) is 0.316. The molecule has 0 aliphatic heterocycles. The molecule has 0 aromatic heterocycles. The van der Waals surface area contributed by atoms with Crippen molar-refractivity contribution in [1.29, 1.82) is 0 Å². The van der Waals surface area contributed by atoms with Crippen LogP contribution in [0.3, 0.4) is 0 Å². The molecule has 2 rings (SSSR count). The van der Waals surface area contributed by atoms with Crippen molar-refractivity contribution in [3.63, 3.8) is 0 Å². The van der Waals surface area contributed by atoms with Crippen LogP contribution in [-0.4, -0.2) is 11.9 Å². The fourth-order valence-electron chi connectivity index (χ4n) is 1.97. The predicted molar refractivity (Wildman–Crippen MR) is 88.9 cm³/mol. The summed E-state index contributed by atoms with van der Waals surface area (Å²) in [7, 11) is 0. The Balaban J connectivity index is 2.07. The molecular formula is C19H22FNO2. The molecule has 122 valence electrons. The van der Waals surface area contributed by atoms with Crippen molar-refractivity contribution < 1.29 is 13.9 Å². The van der Waals surface area contributed by atoms with Crippen LogP contribution in [-0.2, 0) is 6.61 Å². The van der Waals surface area contributed by atoms with Gasteiger partial charge in [0.1, 0.15) is 18.2 Å².